The van der Waals surface area contributed by atoms with Gasteiger partial charge in [-0.2, -0.15) is 9.37 Å². The number of nitrogens with zero attached hydrogens (tertiary/aromatic N) is 1. The summed E-state index contributed by atoms with van der Waals surface area (Å²) >= 11 is 17.4. The lowest BCUT2D eigenvalue weighted by molar-refractivity contribution is 0.294. The van der Waals surface area contributed by atoms with Gasteiger partial charge in [0.05, 0.1) is 6.61 Å². The van der Waals surface area contributed by atoms with Crippen molar-refractivity contribution < 1.29 is 22.6 Å². The van der Waals surface area contributed by atoms with Crippen molar-refractivity contribution in [2.24, 2.45) is 0 Å². The molecule has 3 nitrogen and oxygen atoms in total. The molecule has 0 spiro atoms. The lowest BCUT2D eigenvalue weighted by Crippen LogP contribution is -2.18. The van der Waals surface area contributed by atoms with Crippen LogP contribution >= 0.6 is 34.8 Å². The third kappa shape index (κ3) is 3.88. The molecule has 1 aromatic heterocycles. The molecule has 0 radical (unpaired) electrons. The van der Waals surface area contributed by atoms with Crippen LogP contribution in [0.4, 0.5) is 13.2 Å². The largest absolute Gasteiger partial charge is 0.436 e. The summed E-state index contributed by atoms with van der Waals surface area (Å²) in [4.78, 5) is 3.10. The van der Waals surface area contributed by atoms with Crippen molar-refractivity contribution in [2.75, 3.05) is 6.61 Å². The fraction of sp³-hybridized carbons (Fsp3) is 0.267. The Morgan fingerprint density at radius 3 is 2.50 bits per heavy atom. The van der Waals surface area contributed by atoms with Crippen LogP contribution in [0.5, 0.6) is 11.6 Å². The van der Waals surface area contributed by atoms with Gasteiger partial charge in [0.2, 0.25) is 0 Å². The van der Waals surface area contributed by atoms with E-state index in [1.165, 1.54) is 12.1 Å². The minimum absolute atomic E-state index is 0.117. The van der Waals surface area contributed by atoms with Gasteiger partial charge in [0.25, 0.3) is 11.8 Å². The minimum atomic E-state index is -1.51. The van der Waals surface area contributed by atoms with Gasteiger partial charge >= 0.3 is 0 Å². The number of hydrogen-bond acceptors (Lipinski definition) is 3. The maximum atomic E-state index is 13.6. The first-order valence-electron chi connectivity index (χ1n) is 6.69. The molecule has 0 saturated carbocycles. The van der Waals surface area contributed by atoms with E-state index in [0.29, 0.717) is 18.2 Å². The average molecular weight is 399 g/mol. The average Bonchev–Trinajstić information content (AvgIpc) is 3.24. The highest BCUT2D eigenvalue weighted by atomic mass is 35.6. The first kappa shape index (κ1) is 17.6. The van der Waals surface area contributed by atoms with Crippen molar-refractivity contribution in [3.8, 4) is 11.6 Å². The van der Waals surface area contributed by atoms with Crippen molar-refractivity contribution in [2.45, 2.75) is 15.8 Å². The van der Waals surface area contributed by atoms with Gasteiger partial charge in [-0.15, -0.1) is 0 Å². The van der Waals surface area contributed by atoms with Gasteiger partial charge < -0.3 is 9.47 Å². The van der Waals surface area contributed by atoms with Crippen LogP contribution in [0.2, 0.25) is 0 Å². The quantitative estimate of drug-likeness (QED) is 0.399. The number of halogens is 6. The number of ether oxygens (including phenoxy) is 2. The summed E-state index contributed by atoms with van der Waals surface area (Å²) in [7, 11) is 0. The second kappa shape index (κ2) is 6.26. The van der Waals surface area contributed by atoms with Crippen LogP contribution in [0.15, 0.2) is 30.3 Å². The minimum Gasteiger partial charge on any atom is -0.436 e. The Morgan fingerprint density at radius 2 is 1.88 bits per heavy atom. The van der Waals surface area contributed by atoms with Crippen LogP contribution in [0.25, 0.3) is 0 Å². The van der Waals surface area contributed by atoms with Gasteiger partial charge in [-0.1, -0.05) is 46.9 Å². The lowest BCUT2D eigenvalue weighted by atomic mass is 9.97. The molecule has 1 saturated heterocycles. The van der Waals surface area contributed by atoms with Crippen molar-refractivity contribution in [1.82, 2.24) is 4.98 Å². The lowest BCUT2D eigenvalue weighted by Gasteiger charge is -2.18. The number of rotatable bonds is 4. The molecule has 3 rings (SSSR count). The van der Waals surface area contributed by atoms with Crippen LogP contribution in [0, 0.1) is 17.6 Å². The maximum absolute atomic E-state index is 13.6. The molecule has 2 aromatic rings. The number of benzene rings is 1. The molecule has 1 fully saturated rings. The second-order valence-electron chi connectivity index (χ2n) is 5.25. The van der Waals surface area contributed by atoms with Gasteiger partial charge in [-0.05, 0) is 17.7 Å². The van der Waals surface area contributed by atoms with E-state index >= 15 is 0 Å². The Kier molecular flexibility index (Phi) is 4.59. The van der Waals surface area contributed by atoms with Crippen LogP contribution in [-0.2, 0) is 10.3 Å². The van der Waals surface area contributed by atoms with E-state index in [0.717, 1.165) is 0 Å². The first-order chi connectivity index (χ1) is 11.2. The molecular weight excluding hydrogens is 390 g/mol. The van der Waals surface area contributed by atoms with Crippen LogP contribution in [0.3, 0.4) is 0 Å². The summed E-state index contributed by atoms with van der Waals surface area (Å²) in [5, 5.41) is 0. The highest BCUT2D eigenvalue weighted by molar-refractivity contribution is 6.67. The van der Waals surface area contributed by atoms with Crippen molar-refractivity contribution in [1.29, 1.82) is 0 Å². The molecular formula is C15H9Cl3F3NO2. The van der Waals surface area contributed by atoms with Gasteiger partial charge in [-0.3, -0.25) is 0 Å². The number of alkyl halides is 3. The number of hydrogen-bond donors (Lipinski definition) is 0. The Balaban J connectivity index is 1.86. The second-order valence-corrected chi connectivity index (χ2v) is 7.77. The predicted molar refractivity (Wildman–Crippen MR) is 83.2 cm³/mol. The van der Waals surface area contributed by atoms with Gasteiger partial charge in [0, 0.05) is 12.5 Å². The van der Waals surface area contributed by atoms with E-state index in [1.54, 1.807) is 12.1 Å². The summed E-state index contributed by atoms with van der Waals surface area (Å²) in [6.45, 7) is 0.349. The van der Waals surface area contributed by atoms with Crippen molar-refractivity contribution in [3.63, 3.8) is 0 Å². The molecule has 128 valence electrons. The van der Waals surface area contributed by atoms with Gasteiger partial charge in [0.15, 0.2) is 15.4 Å². The van der Waals surface area contributed by atoms with Crippen LogP contribution in [-0.4, -0.2) is 15.4 Å². The zero-order chi connectivity index (χ0) is 17.5. The Hall–Kier alpha value is -1.21. The smallest absolute Gasteiger partial charge is 0.258 e. The normalized spacial score (nSPS) is 20.1. The number of pyridine rings is 1. The molecule has 1 aliphatic rings. The fourth-order valence-electron chi connectivity index (χ4n) is 2.24. The van der Waals surface area contributed by atoms with Gasteiger partial charge in [0.1, 0.15) is 11.4 Å². The molecule has 9 heteroatoms. The highest BCUT2D eigenvalue weighted by Crippen LogP contribution is 2.50. The topological polar surface area (TPSA) is 34.6 Å². The standard InChI is InChI=1S/C15H9Cl3F3NO2/c16-15(17,18)6-14(7-23-14)8-2-1-3-9(4-8)24-13-11(20)5-10(19)12(21)22-13/h1-5H,6-7H2. The summed E-state index contributed by atoms with van der Waals surface area (Å²) in [6.07, 6.45) is 0.117. The molecule has 1 aliphatic heterocycles. The first-order valence-corrected chi connectivity index (χ1v) is 7.83. The van der Waals surface area contributed by atoms with Crippen molar-refractivity contribution >= 4 is 34.8 Å². The van der Waals surface area contributed by atoms with E-state index < -0.39 is 32.9 Å². The number of aromatic nitrogens is 1. The maximum Gasteiger partial charge on any atom is 0.258 e. The van der Waals surface area contributed by atoms with E-state index in [4.69, 9.17) is 44.3 Å². The third-order valence-electron chi connectivity index (χ3n) is 3.41. The van der Waals surface area contributed by atoms with Crippen LogP contribution < -0.4 is 4.74 Å². The molecule has 2 heterocycles. The van der Waals surface area contributed by atoms with Crippen molar-refractivity contribution in [3.05, 3.63) is 53.5 Å². The van der Waals surface area contributed by atoms with Crippen LogP contribution in [0.1, 0.15) is 12.0 Å². The molecule has 0 aliphatic carbocycles. The Morgan fingerprint density at radius 1 is 1.17 bits per heavy atom. The predicted octanol–water partition coefficient (Wildman–Crippen LogP) is 5.28. The molecule has 24 heavy (non-hydrogen) atoms. The SMILES string of the molecule is Fc1cc(F)c(Oc2cccc(C3(CC(Cl)(Cl)Cl)CO3)c2)nc1F. The highest BCUT2D eigenvalue weighted by Gasteiger charge is 2.51. The van der Waals surface area contributed by atoms with E-state index in [9.17, 15) is 13.2 Å². The van der Waals surface area contributed by atoms with E-state index in [-0.39, 0.29) is 12.2 Å². The molecule has 0 bridgehead atoms. The van der Waals surface area contributed by atoms with E-state index in [2.05, 4.69) is 4.98 Å². The summed E-state index contributed by atoms with van der Waals surface area (Å²) in [5.74, 6) is -4.51. The summed E-state index contributed by atoms with van der Waals surface area (Å²) < 4.78 is 48.7. The molecule has 1 aromatic carbocycles. The third-order valence-corrected chi connectivity index (χ3v) is 3.81. The Labute approximate surface area is 150 Å². The molecule has 0 N–H and O–H groups in total. The Bertz CT molecular complexity index is 779. The zero-order valence-corrected chi connectivity index (χ0v) is 14.1. The molecule has 1 unspecified atom stereocenters. The molecule has 0 amide bonds. The monoisotopic (exact) mass is 397 g/mol. The molecule has 1 atom stereocenters. The summed E-state index contributed by atoms with van der Waals surface area (Å²) in [5.41, 5.74) is -0.126. The van der Waals surface area contributed by atoms with E-state index in [1.807, 2.05) is 0 Å². The zero-order valence-electron chi connectivity index (χ0n) is 11.8. The van der Waals surface area contributed by atoms with Gasteiger partial charge in [-0.25, -0.2) is 8.78 Å². The summed E-state index contributed by atoms with van der Waals surface area (Å²) in [6, 6.07) is 6.73. The fourth-order valence-corrected chi connectivity index (χ4v) is 2.88. The number of epoxide rings is 1.